The Morgan fingerprint density at radius 1 is 0.509 bits per heavy atom. The highest BCUT2D eigenvalue weighted by Gasteiger charge is 2.22. The third-order valence-corrected chi connectivity index (χ3v) is 10.7. The van der Waals surface area contributed by atoms with Crippen LogP contribution in [-0.2, 0) is 12.8 Å². The zero-order valence-corrected chi connectivity index (χ0v) is 30.6. The van der Waals surface area contributed by atoms with Crippen LogP contribution in [0.4, 0.5) is 0 Å². The second-order valence-electron chi connectivity index (χ2n) is 15.5. The van der Waals surface area contributed by atoms with Gasteiger partial charge in [-0.15, -0.1) is 0 Å². The minimum atomic E-state index is 0.562. The van der Waals surface area contributed by atoms with Crippen LogP contribution >= 0.6 is 0 Å². The van der Waals surface area contributed by atoms with Crippen LogP contribution in [0.2, 0.25) is 0 Å². The predicted molar refractivity (Wildman–Crippen MR) is 223 cm³/mol. The normalized spacial score (nSPS) is 12.3. The first-order chi connectivity index (χ1) is 25.9. The van der Waals surface area contributed by atoms with E-state index in [-0.39, 0.29) is 0 Å². The van der Waals surface area contributed by atoms with Crippen molar-refractivity contribution in [1.29, 1.82) is 0 Å². The van der Waals surface area contributed by atoms with E-state index < -0.39 is 0 Å². The van der Waals surface area contributed by atoms with Crippen LogP contribution in [0.15, 0.2) is 144 Å². The van der Waals surface area contributed by atoms with Gasteiger partial charge in [-0.2, -0.15) is 0 Å². The van der Waals surface area contributed by atoms with Gasteiger partial charge in [0.1, 0.15) is 17.0 Å². The Balaban J connectivity index is 1.29. The molecule has 0 aliphatic heterocycles. The molecule has 0 saturated carbocycles. The van der Waals surface area contributed by atoms with Gasteiger partial charge in [0.25, 0.3) is 0 Å². The molecule has 4 aromatic heterocycles. The lowest BCUT2D eigenvalue weighted by molar-refractivity contribution is 0.647. The van der Waals surface area contributed by atoms with Crippen LogP contribution < -0.4 is 0 Å². The molecule has 10 rings (SSSR count). The number of fused-ring (bicyclic) bond motifs is 10. The van der Waals surface area contributed by atoms with Crippen molar-refractivity contribution in [3.8, 4) is 22.8 Å². The number of nitrogens with zero attached hydrogens (tertiary/aromatic N) is 3. The van der Waals surface area contributed by atoms with Gasteiger partial charge in [-0.05, 0) is 115 Å². The topological polar surface area (TPSA) is 35.9 Å². The number of hydrogen-bond donors (Lipinski definition) is 0. The number of hydrogen-bond acceptors (Lipinski definition) is 2. The largest absolute Gasteiger partial charge is 0.456 e. The molecule has 0 bridgehead atoms. The second-order valence-corrected chi connectivity index (χ2v) is 15.5. The standard InChI is InChI=1S/C49H41N3O/c1-30(2)25-32-17-21-42-38(27-32)37-20-23-44-48(40-28-33(26-31(3)4)18-22-43(40)51(44)35-11-6-5-7-12-35)49(37)52(42)47-16-10-14-41(50-47)34-19-24-46-39(29-34)36-13-8-9-15-45(36)53-46/h5-24,27-31H,25-26H2,1-4H3. The molecule has 0 aliphatic carbocycles. The minimum Gasteiger partial charge on any atom is -0.456 e. The van der Waals surface area contributed by atoms with Crippen molar-refractivity contribution >= 4 is 65.6 Å². The van der Waals surface area contributed by atoms with E-state index in [0.717, 1.165) is 57.5 Å². The Morgan fingerprint density at radius 2 is 1.19 bits per heavy atom. The van der Waals surface area contributed by atoms with Gasteiger partial charge >= 0.3 is 0 Å². The average molecular weight is 688 g/mol. The van der Waals surface area contributed by atoms with Crippen molar-refractivity contribution in [2.75, 3.05) is 0 Å². The molecule has 4 nitrogen and oxygen atoms in total. The van der Waals surface area contributed by atoms with Gasteiger partial charge in [-0.3, -0.25) is 4.57 Å². The quantitative estimate of drug-likeness (QED) is 0.167. The van der Waals surface area contributed by atoms with Gasteiger partial charge in [0.05, 0.1) is 27.8 Å². The summed E-state index contributed by atoms with van der Waals surface area (Å²) in [5.41, 5.74) is 12.4. The van der Waals surface area contributed by atoms with Crippen molar-refractivity contribution in [3.63, 3.8) is 0 Å². The molecule has 0 radical (unpaired) electrons. The summed E-state index contributed by atoms with van der Waals surface area (Å²) < 4.78 is 11.0. The molecule has 53 heavy (non-hydrogen) atoms. The maximum absolute atomic E-state index is 6.17. The molecule has 0 aliphatic rings. The van der Waals surface area contributed by atoms with Crippen LogP contribution in [0.3, 0.4) is 0 Å². The summed E-state index contributed by atoms with van der Waals surface area (Å²) in [7, 11) is 0. The summed E-state index contributed by atoms with van der Waals surface area (Å²) in [4.78, 5) is 5.46. The third kappa shape index (κ3) is 5.15. The highest BCUT2D eigenvalue weighted by molar-refractivity contribution is 6.26. The molecular weight excluding hydrogens is 647 g/mol. The lowest BCUT2D eigenvalue weighted by atomic mass is 9.99. The van der Waals surface area contributed by atoms with E-state index >= 15 is 0 Å². The van der Waals surface area contributed by atoms with E-state index in [1.165, 1.54) is 54.7 Å². The van der Waals surface area contributed by atoms with E-state index in [0.29, 0.717) is 11.8 Å². The highest BCUT2D eigenvalue weighted by atomic mass is 16.3. The Morgan fingerprint density at radius 3 is 1.96 bits per heavy atom. The van der Waals surface area contributed by atoms with Crippen LogP contribution in [0.25, 0.3) is 88.3 Å². The Hall–Kier alpha value is -6.13. The Kier molecular flexibility index (Phi) is 7.29. The summed E-state index contributed by atoms with van der Waals surface area (Å²) in [6, 6.07) is 50.7. The molecule has 0 amide bonds. The van der Waals surface area contributed by atoms with Crippen LogP contribution in [0.5, 0.6) is 0 Å². The molecule has 0 unspecified atom stereocenters. The SMILES string of the molecule is CC(C)Cc1ccc2c(c1)c1c(ccc3c4cc(CC(C)C)ccc4n(-c4cccc(-c5ccc6oc7ccccc7c6c5)n4)c31)n2-c1ccccc1. The van der Waals surface area contributed by atoms with Gasteiger partial charge < -0.3 is 8.98 Å². The smallest absolute Gasteiger partial charge is 0.138 e. The van der Waals surface area contributed by atoms with Gasteiger partial charge in [-0.1, -0.05) is 88.4 Å². The Labute approximate surface area is 308 Å². The summed E-state index contributed by atoms with van der Waals surface area (Å²) in [6.45, 7) is 9.19. The van der Waals surface area contributed by atoms with Crippen molar-refractivity contribution in [2.24, 2.45) is 11.8 Å². The summed E-state index contributed by atoms with van der Waals surface area (Å²) in [5, 5.41) is 7.26. The van der Waals surface area contributed by atoms with E-state index in [4.69, 9.17) is 9.40 Å². The third-order valence-electron chi connectivity index (χ3n) is 10.7. The Bertz CT molecular complexity index is 3010. The van der Waals surface area contributed by atoms with Crippen molar-refractivity contribution in [3.05, 3.63) is 151 Å². The first-order valence-electron chi connectivity index (χ1n) is 18.9. The van der Waals surface area contributed by atoms with Gasteiger partial charge in [0.2, 0.25) is 0 Å². The zero-order valence-electron chi connectivity index (χ0n) is 30.6. The number of furan rings is 1. The molecule has 4 heterocycles. The van der Waals surface area contributed by atoms with Crippen molar-refractivity contribution in [1.82, 2.24) is 14.1 Å². The number of rotatable bonds is 7. The molecule has 0 fully saturated rings. The molecule has 0 N–H and O–H groups in total. The van der Waals surface area contributed by atoms with Crippen molar-refractivity contribution in [2.45, 2.75) is 40.5 Å². The molecule has 258 valence electrons. The van der Waals surface area contributed by atoms with E-state index in [1.807, 2.05) is 12.1 Å². The molecule has 10 aromatic rings. The molecule has 4 heteroatoms. The zero-order chi connectivity index (χ0) is 35.8. The average Bonchev–Trinajstić information content (AvgIpc) is 3.81. The van der Waals surface area contributed by atoms with E-state index in [2.05, 4.69) is 164 Å². The summed E-state index contributed by atoms with van der Waals surface area (Å²) in [5.74, 6) is 2.04. The van der Waals surface area contributed by atoms with Gasteiger partial charge in [0.15, 0.2) is 0 Å². The molecule has 0 spiro atoms. The van der Waals surface area contributed by atoms with Gasteiger partial charge in [-0.25, -0.2) is 4.98 Å². The number of aromatic nitrogens is 3. The van der Waals surface area contributed by atoms with Crippen LogP contribution in [-0.4, -0.2) is 14.1 Å². The lowest BCUT2D eigenvalue weighted by Gasteiger charge is -2.11. The maximum Gasteiger partial charge on any atom is 0.138 e. The van der Waals surface area contributed by atoms with Crippen molar-refractivity contribution < 1.29 is 4.42 Å². The fourth-order valence-corrected chi connectivity index (χ4v) is 8.59. The number of benzene rings is 6. The number of para-hydroxylation sites is 2. The fourth-order valence-electron chi connectivity index (χ4n) is 8.59. The van der Waals surface area contributed by atoms with Crippen LogP contribution in [0.1, 0.15) is 38.8 Å². The molecule has 6 aromatic carbocycles. The van der Waals surface area contributed by atoms with Gasteiger partial charge in [0, 0.05) is 43.6 Å². The second kappa shape index (κ2) is 12.2. The maximum atomic E-state index is 6.17. The molecule has 0 atom stereocenters. The number of pyridine rings is 1. The monoisotopic (exact) mass is 687 g/mol. The minimum absolute atomic E-state index is 0.562. The first-order valence-corrected chi connectivity index (χ1v) is 18.9. The van der Waals surface area contributed by atoms with E-state index in [1.54, 1.807) is 0 Å². The predicted octanol–water partition coefficient (Wildman–Crippen LogP) is 13.2. The van der Waals surface area contributed by atoms with E-state index in [9.17, 15) is 0 Å². The molecular formula is C49H41N3O. The summed E-state index contributed by atoms with van der Waals surface area (Å²) in [6.07, 6.45) is 2.07. The summed E-state index contributed by atoms with van der Waals surface area (Å²) >= 11 is 0. The molecule has 0 saturated heterocycles. The first kappa shape index (κ1) is 31.6. The van der Waals surface area contributed by atoms with Crippen LogP contribution in [0, 0.1) is 11.8 Å². The fraction of sp³-hybridized carbons (Fsp3) is 0.163. The highest BCUT2D eigenvalue weighted by Crippen LogP contribution is 2.43. The lowest BCUT2D eigenvalue weighted by Crippen LogP contribution is -1.99.